The van der Waals surface area contributed by atoms with Crippen molar-refractivity contribution in [3.05, 3.63) is 62.5 Å². The van der Waals surface area contributed by atoms with Gasteiger partial charge in [-0.1, -0.05) is 41.1 Å². The maximum atomic E-state index is 11.9. The molecule has 0 aliphatic carbocycles. The van der Waals surface area contributed by atoms with E-state index < -0.39 is 0 Å². The summed E-state index contributed by atoms with van der Waals surface area (Å²) in [6.45, 7) is 3.83. The van der Waals surface area contributed by atoms with Crippen molar-refractivity contribution in [2.24, 2.45) is 5.10 Å². The van der Waals surface area contributed by atoms with Crippen molar-refractivity contribution < 1.29 is 9.53 Å². The van der Waals surface area contributed by atoms with Crippen LogP contribution in [-0.2, 0) is 11.2 Å². The van der Waals surface area contributed by atoms with Crippen molar-refractivity contribution in [2.75, 3.05) is 6.61 Å². The van der Waals surface area contributed by atoms with Gasteiger partial charge in [0.15, 0.2) is 6.61 Å². The van der Waals surface area contributed by atoms with Crippen molar-refractivity contribution in [1.29, 1.82) is 0 Å². The molecule has 2 aromatic carbocycles. The molecule has 0 bridgehead atoms. The molecule has 0 aliphatic rings. The van der Waals surface area contributed by atoms with Crippen LogP contribution in [0.1, 0.15) is 25.0 Å². The van der Waals surface area contributed by atoms with E-state index in [4.69, 9.17) is 4.74 Å². The quantitative estimate of drug-likeness (QED) is 0.509. The Balaban J connectivity index is 1.89. The van der Waals surface area contributed by atoms with Crippen LogP contribution in [0.3, 0.4) is 0 Å². The Hall–Kier alpha value is -1.66. The van der Waals surface area contributed by atoms with E-state index in [1.54, 1.807) is 0 Å². The van der Waals surface area contributed by atoms with Crippen LogP contribution in [0, 0.1) is 0 Å². The molecule has 0 spiro atoms. The number of benzene rings is 2. The number of aryl methyl sites for hydroxylation is 1. The Labute approximate surface area is 158 Å². The molecule has 24 heavy (non-hydrogen) atoms. The van der Waals surface area contributed by atoms with Crippen molar-refractivity contribution in [3.8, 4) is 5.75 Å². The van der Waals surface area contributed by atoms with Gasteiger partial charge in [-0.3, -0.25) is 4.79 Å². The summed E-state index contributed by atoms with van der Waals surface area (Å²) in [6, 6.07) is 13.5. The summed E-state index contributed by atoms with van der Waals surface area (Å²) >= 11 is 6.83. The molecular weight excluding hydrogens is 436 g/mol. The highest BCUT2D eigenvalue weighted by Gasteiger charge is 2.06. The van der Waals surface area contributed by atoms with Gasteiger partial charge in [0.2, 0.25) is 0 Å². The van der Waals surface area contributed by atoms with E-state index in [-0.39, 0.29) is 12.5 Å². The van der Waals surface area contributed by atoms with Crippen LogP contribution in [-0.4, -0.2) is 18.2 Å². The minimum Gasteiger partial charge on any atom is -0.483 e. The van der Waals surface area contributed by atoms with Crippen LogP contribution in [0.4, 0.5) is 0 Å². The molecule has 0 atom stereocenters. The molecule has 0 fully saturated rings. The number of hydrogen-bond donors (Lipinski definition) is 1. The minimum absolute atomic E-state index is 0.0960. The van der Waals surface area contributed by atoms with Crippen LogP contribution in [0.5, 0.6) is 5.75 Å². The number of carbonyl (C=O) groups excluding carboxylic acids is 1. The first kappa shape index (κ1) is 18.7. The van der Waals surface area contributed by atoms with Crippen LogP contribution in [0.25, 0.3) is 0 Å². The summed E-state index contributed by atoms with van der Waals surface area (Å²) in [5.74, 6) is 0.328. The lowest BCUT2D eigenvalue weighted by Crippen LogP contribution is -2.25. The lowest BCUT2D eigenvalue weighted by molar-refractivity contribution is -0.123. The Morgan fingerprint density at radius 2 is 1.88 bits per heavy atom. The lowest BCUT2D eigenvalue weighted by Gasteiger charge is -2.09. The number of hydrogen-bond acceptors (Lipinski definition) is 3. The van der Waals surface area contributed by atoms with Crippen molar-refractivity contribution in [2.45, 2.75) is 20.3 Å². The van der Waals surface area contributed by atoms with E-state index in [1.165, 1.54) is 5.56 Å². The number of carbonyl (C=O) groups is 1. The third kappa shape index (κ3) is 5.46. The molecule has 126 valence electrons. The molecule has 0 saturated heterocycles. The van der Waals surface area contributed by atoms with Crippen molar-refractivity contribution in [3.63, 3.8) is 0 Å². The first-order valence-electron chi connectivity index (χ1n) is 7.50. The summed E-state index contributed by atoms with van der Waals surface area (Å²) in [7, 11) is 0. The average molecular weight is 454 g/mol. The molecule has 0 unspecified atom stereocenters. The number of halogens is 2. The molecular formula is C18H18Br2N2O2. The maximum absolute atomic E-state index is 11.9. The van der Waals surface area contributed by atoms with Gasteiger partial charge >= 0.3 is 0 Å². The fourth-order valence-corrected chi connectivity index (χ4v) is 2.76. The van der Waals surface area contributed by atoms with Gasteiger partial charge in [-0.2, -0.15) is 5.10 Å². The number of rotatable bonds is 6. The lowest BCUT2D eigenvalue weighted by atomic mass is 10.1. The van der Waals surface area contributed by atoms with Crippen LogP contribution < -0.4 is 10.2 Å². The van der Waals surface area contributed by atoms with E-state index in [1.807, 2.05) is 49.4 Å². The van der Waals surface area contributed by atoms with Gasteiger partial charge in [0.05, 0.1) is 10.2 Å². The van der Waals surface area contributed by atoms with Gasteiger partial charge in [0, 0.05) is 4.47 Å². The zero-order chi connectivity index (χ0) is 17.5. The first-order chi connectivity index (χ1) is 11.5. The molecule has 1 amide bonds. The summed E-state index contributed by atoms with van der Waals surface area (Å²) in [4.78, 5) is 11.9. The van der Waals surface area contributed by atoms with E-state index >= 15 is 0 Å². The molecule has 0 radical (unpaired) electrons. The monoisotopic (exact) mass is 452 g/mol. The summed E-state index contributed by atoms with van der Waals surface area (Å²) in [5.41, 5.74) is 5.38. The Bertz CT molecular complexity index is 743. The van der Waals surface area contributed by atoms with Crippen LogP contribution in [0.15, 0.2) is 56.5 Å². The zero-order valence-corrected chi connectivity index (χ0v) is 16.6. The number of nitrogens with one attached hydrogen (secondary N) is 1. The molecule has 0 aliphatic heterocycles. The third-order valence-electron chi connectivity index (χ3n) is 3.37. The Morgan fingerprint density at radius 1 is 1.17 bits per heavy atom. The predicted molar refractivity (Wildman–Crippen MR) is 104 cm³/mol. The highest BCUT2D eigenvalue weighted by molar-refractivity contribution is 9.10. The molecule has 1 N–H and O–H groups in total. The molecule has 2 rings (SSSR count). The summed E-state index contributed by atoms with van der Waals surface area (Å²) < 4.78 is 7.35. The SMILES string of the molecule is CCc1ccc(OCC(=O)N/N=C(\C)c2ccc(Br)cc2)c(Br)c1. The Morgan fingerprint density at radius 3 is 2.50 bits per heavy atom. The average Bonchev–Trinajstić information content (AvgIpc) is 2.59. The van der Waals surface area contributed by atoms with Crippen molar-refractivity contribution in [1.82, 2.24) is 5.43 Å². The summed E-state index contributed by atoms with van der Waals surface area (Å²) in [6.07, 6.45) is 0.948. The largest absolute Gasteiger partial charge is 0.483 e. The number of hydrazone groups is 1. The zero-order valence-electron chi connectivity index (χ0n) is 13.5. The number of nitrogens with zero attached hydrogens (tertiary/aromatic N) is 1. The standard InChI is InChI=1S/C18H18Br2N2O2/c1-3-13-4-9-17(16(20)10-13)24-11-18(23)22-21-12(2)14-5-7-15(19)8-6-14/h4-10H,3,11H2,1-2H3,(H,22,23)/b21-12+. The topological polar surface area (TPSA) is 50.7 Å². The van der Waals surface area contributed by atoms with Gasteiger partial charge < -0.3 is 4.74 Å². The van der Waals surface area contributed by atoms with Gasteiger partial charge in [-0.05, 0) is 64.7 Å². The molecule has 2 aromatic rings. The smallest absolute Gasteiger partial charge is 0.277 e. The normalized spacial score (nSPS) is 11.2. The highest BCUT2D eigenvalue weighted by Crippen LogP contribution is 2.26. The second-order valence-electron chi connectivity index (χ2n) is 5.15. The summed E-state index contributed by atoms with van der Waals surface area (Å²) in [5, 5.41) is 4.10. The van der Waals surface area contributed by atoms with Crippen LogP contribution in [0.2, 0.25) is 0 Å². The van der Waals surface area contributed by atoms with E-state index in [2.05, 4.69) is 49.3 Å². The fourth-order valence-electron chi connectivity index (χ4n) is 1.96. The second kappa shape index (κ2) is 8.99. The first-order valence-corrected chi connectivity index (χ1v) is 9.08. The molecule has 4 nitrogen and oxygen atoms in total. The van der Waals surface area contributed by atoms with E-state index in [0.717, 1.165) is 26.6 Å². The van der Waals surface area contributed by atoms with Gasteiger partial charge in [-0.25, -0.2) is 5.43 Å². The number of ether oxygens (including phenoxy) is 1. The van der Waals surface area contributed by atoms with E-state index in [9.17, 15) is 4.79 Å². The maximum Gasteiger partial charge on any atom is 0.277 e. The number of amides is 1. The molecule has 0 aromatic heterocycles. The van der Waals surface area contributed by atoms with Crippen LogP contribution >= 0.6 is 31.9 Å². The second-order valence-corrected chi connectivity index (χ2v) is 6.92. The fraction of sp³-hybridized carbons (Fsp3) is 0.222. The highest BCUT2D eigenvalue weighted by atomic mass is 79.9. The van der Waals surface area contributed by atoms with Gasteiger partial charge in [-0.15, -0.1) is 0 Å². The molecule has 0 saturated carbocycles. The van der Waals surface area contributed by atoms with E-state index in [0.29, 0.717) is 5.75 Å². The van der Waals surface area contributed by atoms with Gasteiger partial charge in [0.1, 0.15) is 5.75 Å². The third-order valence-corrected chi connectivity index (χ3v) is 4.52. The van der Waals surface area contributed by atoms with Crippen molar-refractivity contribution >= 4 is 43.5 Å². The molecule has 0 heterocycles. The molecule has 6 heteroatoms. The predicted octanol–water partition coefficient (Wildman–Crippen LogP) is 4.69. The minimum atomic E-state index is -0.307. The Kier molecular flexibility index (Phi) is 6.99. The van der Waals surface area contributed by atoms with Gasteiger partial charge in [0.25, 0.3) is 5.91 Å².